The first kappa shape index (κ1) is 22.7. The Balaban J connectivity index is 1.51. The number of alkyl halides is 2. The fourth-order valence-corrected chi connectivity index (χ4v) is 4.37. The van der Waals surface area contributed by atoms with Gasteiger partial charge in [0.15, 0.2) is 5.17 Å². The first-order valence-corrected chi connectivity index (χ1v) is 11.5. The summed E-state index contributed by atoms with van der Waals surface area (Å²) in [5, 5.41) is 5.04. The molecule has 7 nitrogen and oxygen atoms in total. The van der Waals surface area contributed by atoms with Gasteiger partial charge >= 0.3 is 6.61 Å². The number of nitrogens with zero attached hydrogens (tertiary/aromatic N) is 2. The summed E-state index contributed by atoms with van der Waals surface area (Å²) in [4.78, 5) is 32.1. The summed E-state index contributed by atoms with van der Waals surface area (Å²) in [6, 6.07) is 12.8. The second-order valence-corrected chi connectivity index (χ2v) is 8.57. The van der Waals surface area contributed by atoms with Crippen LogP contribution in [-0.2, 0) is 16.1 Å². The maximum absolute atomic E-state index is 13.1. The molecule has 1 N–H and O–H groups in total. The van der Waals surface area contributed by atoms with E-state index in [2.05, 4.69) is 15.0 Å². The third-order valence-corrected chi connectivity index (χ3v) is 6.16. The highest BCUT2D eigenvalue weighted by Gasteiger charge is 2.32. The molecule has 0 unspecified atom stereocenters. The maximum atomic E-state index is 13.1. The number of thioether (sulfide) groups is 1. The normalized spacial score (nSPS) is 14.8. The summed E-state index contributed by atoms with van der Waals surface area (Å²) in [5.74, 6) is -0.203. The number of rotatable bonds is 8. The van der Waals surface area contributed by atoms with Crippen molar-refractivity contribution in [1.29, 1.82) is 0 Å². The van der Waals surface area contributed by atoms with Crippen molar-refractivity contribution < 1.29 is 27.5 Å². The van der Waals surface area contributed by atoms with Gasteiger partial charge in [0.05, 0.1) is 24.2 Å². The van der Waals surface area contributed by atoms with Gasteiger partial charge in [-0.15, -0.1) is 11.3 Å². The van der Waals surface area contributed by atoms with Crippen molar-refractivity contribution in [3.8, 4) is 5.75 Å². The van der Waals surface area contributed by atoms with E-state index in [1.807, 2.05) is 17.5 Å². The molecule has 1 aliphatic heterocycles. The highest BCUT2D eigenvalue weighted by atomic mass is 32.2. The van der Waals surface area contributed by atoms with Crippen LogP contribution in [0.5, 0.6) is 5.75 Å². The number of halogens is 2. The van der Waals surface area contributed by atoms with E-state index < -0.39 is 12.5 Å². The number of thiophene rings is 1. The van der Waals surface area contributed by atoms with Crippen LogP contribution in [0.15, 0.2) is 75.3 Å². The number of nitrogens with one attached hydrogen (secondary N) is 1. The third-order valence-electron chi connectivity index (χ3n) is 4.34. The first-order valence-electron chi connectivity index (χ1n) is 9.65. The van der Waals surface area contributed by atoms with Gasteiger partial charge in [0.25, 0.3) is 5.91 Å². The van der Waals surface area contributed by atoms with Crippen LogP contribution in [0.1, 0.15) is 10.6 Å². The number of carbonyl (C=O) groups excluding carboxylic acids is 2. The van der Waals surface area contributed by atoms with E-state index in [9.17, 15) is 18.4 Å². The smallest absolute Gasteiger partial charge is 0.387 e. The molecule has 0 saturated carbocycles. The van der Waals surface area contributed by atoms with Gasteiger partial charge in [0.1, 0.15) is 17.2 Å². The minimum atomic E-state index is -2.95. The van der Waals surface area contributed by atoms with Crippen LogP contribution >= 0.6 is 23.1 Å². The van der Waals surface area contributed by atoms with Crippen molar-refractivity contribution in [3.05, 3.63) is 76.5 Å². The molecular weight excluding hydrogens is 472 g/mol. The quantitative estimate of drug-likeness (QED) is 0.463. The lowest BCUT2D eigenvalue weighted by atomic mass is 10.2. The molecule has 2 aromatic heterocycles. The van der Waals surface area contributed by atoms with Crippen molar-refractivity contribution in [1.82, 2.24) is 5.32 Å². The minimum Gasteiger partial charge on any atom is -0.465 e. The molecule has 0 saturated heterocycles. The summed E-state index contributed by atoms with van der Waals surface area (Å²) < 4.78 is 34.5. The standard InChI is InChI=1S/C22H17F2N3O4S2/c23-21(24)31-15-7-5-14(6-8-15)27-20(29)18(11-16-3-1-9-30-16)26-22(27)33-13-19(28)25-12-17-4-2-10-32-17/h1-11,21H,12-13H2,(H,25,28)/b18-11-. The second kappa shape index (κ2) is 10.5. The zero-order valence-corrected chi connectivity index (χ0v) is 18.6. The van der Waals surface area contributed by atoms with Crippen molar-refractivity contribution in [2.45, 2.75) is 13.2 Å². The molecular formula is C22H17F2N3O4S2. The predicted molar refractivity (Wildman–Crippen MR) is 123 cm³/mol. The van der Waals surface area contributed by atoms with Crippen molar-refractivity contribution >= 4 is 51.8 Å². The number of amidine groups is 1. The lowest BCUT2D eigenvalue weighted by molar-refractivity contribution is -0.118. The fourth-order valence-electron chi connectivity index (χ4n) is 2.89. The molecule has 1 aliphatic rings. The number of hydrogen-bond acceptors (Lipinski definition) is 7. The average molecular weight is 490 g/mol. The highest BCUT2D eigenvalue weighted by molar-refractivity contribution is 8.14. The van der Waals surface area contributed by atoms with Gasteiger partial charge in [-0.2, -0.15) is 8.78 Å². The lowest BCUT2D eigenvalue weighted by Gasteiger charge is -2.18. The summed E-state index contributed by atoms with van der Waals surface area (Å²) in [7, 11) is 0. The number of aliphatic imine (C=N–C) groups is 1. The van der Waals surface area contributed by atoms with Crippen LogP contribution in [0.4, 0.5) is 14.5 Å². The molecule has 2 amide bonds. The van der Waals surface area contributed by atoms with Crippen molar-refractivity contribution in [2.24, 2.45) is 4.99 Å². The van der Waals surface area contributed by atoms with Gasteiger partial charge in [-0.3, -0.25) is 14.5 Å². The molecule has 1 aromatic carbocycles. The second-order valence-electron chi connectivity index (χ2n) is 6.60. The number of ether oxygens (including phenoxy) is 1. The van der Waals surface area contributed by atoms with Gasteiger partial charge < -0.3 is 14.5 Å². The fraction of sp³-hybridized carbons (Fsp3) is 0.136. The summed E-state index contributed by atoms with van der Waals surface area (Å²) in [6.45, 7) is -2.53. The van der Waals surface area contributed by atoms with Gasteiger partial charge in [-0.05, 0) is 47.8 Å². The third kappa shape index (κ3) is 5.88. The maximum Gasteiger partial charge on any atom is 0.387 e. The Kier molecular flexibility index (Phi) is 7.20. The Hall–Kier alpha value is -3.44. The molecule has 0 radical (unpaired) electrons. The van der Waals surface area contributed by atoms with Gasteiger partial charge in [0.2, 0.25) is 5.91 Å². The van der Waals surface area contributed by atoms with Crippen molar-refractivity contribution in [2.75, 3.05) is 10.7 Å². The SMILES string of the molecule is O=C(CSC1=N/C(=C\c2ccco2)C(=O)N1c1ccc(OC(F)F)cc1)NCc1cccs1. The minimum absolute atomic E-state index is 0.0363. The molecule has 3 heterocycles. The number of anilines is 1. The van der Waals surface area contributed by atoms with E-state index in [1.165, 1.54) is 41.5 Å². The van der Waals surface area contributed by atoms with E-state index >= 15 is 0 Å². The Labute approximate surface area is 195 Å². The Morgan fingerprint density at radius 2 is 2.06 bits per heavy atom. The van der Waals surface area contributed by atoms with Crippen LogP contribution in [0.25, 0.3) is 6.08 Å². The van der Waals surface area contributed by atoms with Crippen LogP contribution in [-0.4, -0.2) is 29.3 Å². The van der Waals surface area contributed by atoms with Crippen LogP contribution in [0, 0.1) is 0 Å². The summed E-state index contributed by atoms with van der Waals surface area (Å²) in [5.41, 5.74) is 0.522. The molecule has 33 heavy (non-hydrogen) atoms. The molecule has 11 heteroatoms. The number of hydrogen-bond donors (Lipinski definition) is 1. The Bertz CT molecular complexity index is 1160. The van der Waals surface area contributed by atoms with Crippen molar-refractivity contribution in [3.63, 3.8) is 0 Å². The van der Waals surface area contributed by atoms with E-state index in [1.54, 1.807) is 23.5 Å². The number of amides is 2. The molecule has 0 aliphatic carbocycles. The summed E-state index contributed by atoms with van der Waals surface area (Å²) >= 11 is 2.63. The van der Waals surface area contributed by atoms with E-state index in [0.29, 0.717) is 18.0 Å². The monoisotopic (exact) mass is 489 g/mol. The van der Waals surface area contributed by atoms with E-state index in [0.717, 1.165) is 16.6 Å². The molecule has 170 valence electrons. The average Bonchev–Trinajstić information content (AvgIpc) is 3.55. The highest BCUT2D eigenvalue weighted by Crippen LogP contribution is 2.31. The van der Waals surface area contributed by atoms with Crippen LogP contribution < -0.4 is 15.0 Å². The van der Waals surface area contributed by atoms with Gasteiger partial charge in [0, 0.05) is 11.0 Å². The topological polar surface area (TPSA) is 84.1 Å². The lowest BCUT2D eigenvalue weighted by Crippen LogP contribution is -2.32. The molecule has 0 fully saturated rings. The largest absolute Gasteiger partial charge is 0.465 e. The molecule has 0 spiro atoms. The first-order chi connectivity index (χ1) is 16.0. The molecule has 0 atom stereocenters. The molecule has 0 bridgehead atoms. The van der Waals surface area contributed by atoms with Gasteiger partial charge in [-0.1, -0.05) is 17.8 Å². The number of benzene rings is 1. The Morgan fingerprint density at radius 3 is 2.73 bits per heavy atom. The van der Waals surface area contributed by atoms with E-state index in [4.69, 9.17) is 4.42 Å². The van der Waals surface area contributed by atoms with Gasteiger partial charge in [-0.25, -0.2) is 4.99 Å². The number of carbonyl (C=O) groups is 2. The zero-order chi connectivity index (χ0) is 23.2. The van der Waals surface area contributed by atoms with E-state index in [-0.39, 0.29) is 28.3 Å². The molecule has 4 rings (SSSR count). The molecule has 3 aromatic rings. The number of furan rings is 1. The summed E-state index contributed by atoms with van der Waals surface area (Å²) in [6.07, 6.45) is 2.97. The Morgan fingerprint density at radius 1 is 1.24 bits per heavy atom. The van der Waals surface area contributed by atoms with Crippen LogP contribution in [0.3, 0.4) is 0 Å². The zero-order valence-electron chi connectivity index (χ0n) is 16.9. The predicted octanol–water partition coefficient (Wildman–Crippen LogP) is 4.74. The van der Waals surface area contributed by atoms with Crippen LogP contribution in [0.2, 0.25) is 0 Å².